The summed E-state index contributed by atoms with van der Waals surface area (Å²) in [6, 6.07) is 5.80. The van der Waals surface area contributed by atoms with Crippen LogP contribution in [0.25, 0.3) is 0 Å². The summed E-state index contributed by atoms with van der Waals surface area (Å²) in [4.78, 5) is 63.2. The van der Waals surface area contributed by atoms with Crippen molar-refractivity contribution in [1.82, 2.24) is 35.9 Å². The van der Waals surface area contributed by atoms with Crippen molar-refractivity contribution in [3.05, 3.63) is 72.3 Å². The number of nitrogens with zero attached hydrogens (tertiary/aromatic N) is 2. The number of carbonyl (C=O) groups excluding carboxylic acids is 3. The maximum Gasteiger partial charge on any atom is 0.326 e. The van der Waals surface area contributed by atoms with Gasteiger partial charge in [-0.25, -0.2) is 14.8 Å². The minimum absolute atomic E-state index is 0.0195. The molecule has 0 spiro atoms. The second-order valence-corrected chi connectivity index (χ2v) is 7.97. The first-order valence-corrected chi connectivity index (χ1v) is 10.9. The highest BCUT2D eigenvalue weighted by molar-refractivity contribution is 5.93. The molecule has 184 valence electrons. The van der Waals surface area contributed by atoms with Gasteiger partial charge in [0.05, 0.1) is 12.7 Å². The average molecular weight is 482 g/mol. The number of rotatable bonds is 12. The van der Waals surface area contributed by atoms with Crippen LogP contribution in [0.4, 0.5) is 0 Å². The zero-order valence-electron chi connectivity index (χ0n) is 19.0. The number of benzene rings is 1. The van der Waals surface area contributed by atoms with Crippen LogP contribution >= 0.6 is 0 Å². The standard InChI is InChI=1S/C23H27N7O5/c1-14(31)28-18(7-15-5-3-2-4-6-15)21(32)29-19(8-16-10-24-12-26-16)22(33)30-20(23(34)35)9-17-11-25-13-27-17/h2-6,10-13,18-20H,7-9H2,1H3,(H,24,26)(H,25,27)(H,28,31)(H,29,32)(H,30,33)(H,34,35)/t18-,19-,20-/m0/s1. The van der Waals surface area contributed by atoms with Crippen LogP contribution in [0.5, 0.6) is 0 Å². The van der Waals surface area contributed by atoms with Gasteiger partial charge in [-0.15, -0.1) is 0 Å². The van der Waals surface area contributed by atoms with E-state index < -0.39 is 41.8 Å². The van der Waals surface area contributed by atoms with Gasteiger partial charge in [-0.2, -0.15) is 0 Å². The Morgan fingerprint density at radius 3 is 1.80 bits per heavy atom. The Kier molecular flexibility index (Phi) is 8.70. The van der Waals surface area contributed by atoms with Crippen molar-refractivity contribution >= 4 is 23.7 Å². The molecule has 0 aliphatic carbocycles. The predicted octanol–water partition coefficient (Wildman–Crippen LogP) is -0.280. The molecule has 12 nitrogen and oxygen atoms in total. The zero-order valence-corrected chi connectivity index (χ0v) is 19.0. The van der Waals surface area contributed by atoms with Crippen molar-refractivity contribution in [1.29, 1.82) is 0 Å². The lowest BCUT2D eigenvalue weighted by Crippen LogP contribution is -2.57. The number of carbonyl (C=O) groups is 4. The van der Waals surface area contributed by atoms with Crippen molar-refractivity contribution in [2.75, 3.05) is 0 Å². The fraction of sp³-hybridized carbons (Fsp3) is 0.304. The SMILES string of the molecule is CC(=O)N[C@@H](Cc1ccccc1)C(=O)N[C@@H](Cc1cnc[nH]1)C(=O)N[C@@H](Cc1cnc[nH]1)C(=O)O. The van der Waals surface area contributed by atoms with Gasteiger partial charge in [0.25, 0.3) is 0 Å². The lowest BCUT2D eigenvalue weighted by molar-refractivity contribution is -0.142. The van der Waals surface area contributed by atoms with Crippen molar-refractivity contribution < 1.29 is 24.3 Å². The number of imidazole rings is 2. The number of H-pyrrole nitrogens is 2. The second kappa shape index (κ2) is 12.1. The molecule has 2 aromatic heterocycles. The van der Waals surface area contributed by atoms with E-state index in [0.29, 0.717) is 11.4 Å². The third-order valence-corrected chi connectivity index (χ3v) is 5.18. The van der Waals surface area contributed by atoms with Gasteiger partial charge in [0.2, 0.25) is 17.7 Å². The van der Waals surface area contributed by atoms with Gasteiger partial charge in [0.1, 0.15) is 18.1 Å². The summed E-state index contributed by atoms with van der Waals surface area (Å²) in [6.45, 7) is 1.30. The molecular formula is C23H27N7O5. The molecular weight excluding hydrogens is 454 g/mol. The maximum atomic E-state index is 13.1. The van der Waals surface area contributed by atoms with E-state index in [2.05, 4.69) is 35.9 Å². The summed E-state index contributed by atoms with van der Waals surface area (Å²) in [5.41, 5.74) is 1.91. The molecule has 3 amide bonds. The molecule has 0 saturated carbocycles. The molecule has 0 aliphatic rings. The van der Waals surface area contributed by atoms with Crippen molar-refractivity contribution in [3.63, 3.8) is 0 Å². The van der Waals surface area contributed by atoms with E-state index in [4.69, 9.17) is 0 Å². The summed E-state index contributed by atoms with van der Waals surface area (Å²) in [5.74, 6) is -2.91. The average Bonchev–Trinajstić information content (AvgIpc) is 3.52. The Morgan fingerprint density at radius 1 is 0.800 bits per heavy atom. The largest absolute Gasteiger partial charge is 0.480 e. The van der Waals surface area contributed by atoms with Crippen LogP contribution in [0.3, 0.4) is 0 Å². The summed E-state index contributed by atoms with van der Waals surface area (Å²) in [6.07, 6.45) is 6.03. The molecule has 12 heteroatoms. The molecule has 0 radical (unpaired) electrons. The molecule has 2 heterocycles. The molecule has 0 saturated heterocycles. The minimum atomic E-state index is -1.25. The highest BCUT2D eigenvalue weighted by Crippen LogP contribution is 2.07. The van der Waals surface area contributed by atoms with E-state index in [1.165, 1.54) is 32.0 Å². The van der Waals surface area contributed by atoms with Crippen LogP contribution in [0.2, 0.25) is 0 Å². The Hall–Kier alpha value is -4.48. The van der Waals surface area contributed by atoms with Crippen LogP contribution in [-0.4, -0.2) is 66.9 Å². The molecule has 3 aromatic rings. The fourth-order valence-electron chi connectivity index (χ4n) is 3.49. The Morgan fingerprint density at radius 2 is 1.31 bits per heavy atom. The third kappa shape index (κ3) is 7.81. The molecule has 1 aromatic carbocycles. The first-order valence-electron chi connectivity index (χ1n) is 10.9. The monoisotopic (exact) mass is 481 g/mol. The topological polar surface area (TPSA) is 182 Å². The Bertz CT molecular complexity index is 1120. The van der Waals surface area contributed by atoms with Gasteiger partial charge < -0.3 is 31.0 Å². The third-order valence-electron chi connectivity index (χ3n) is 5.18. The van der Waals surface area contributed by atoms with Crippen LogP contribution < -0.4 is 16.0 Å². The minimum Gasteiger partial charge on any atom is -0.480 e. The predicted molar refractivity (Wildman–Crippen MR) is 124 cm³/mol. The van der Waals surface area contributed by atoms with E-state index in [1.54, 1.807) is 0 Å². The fourth-order valence-corrected chi connectivity index (χ4v) is 3.49. The van der Waals surface area contributed by atoms with Gasteiger partial charge in [-0.05, 0) is 5.56 Å². The Labute approximate surface area is 201 Å². The molecule has 3 rings (SSSR count). The molecule has 3 atom stereocenters. The number of amides is 3. The van der Waals surface area contributed by atoms with Crippen molar-refractivity contribution in [2.45, 2.75) is 44.3 Å². The van der Waals surface area contributed by atoms with Crippen LogP contribution in [0, 0.1) is 0 Å². The van der Waals surface area contributed by atoms with Crippen molar-refractivity contribution in [3.8, 4) is 0 Å². The number of nitrogens with one attached hydrogen (secondary N) is 5. The molecule has 0 unspecified atom stereocenters. The lowest BCUT2D eigenvalue weighted by Gasteiger charge is -2.24. The quantitative estimate of drug-likeness (QED) is 0.206. The molecule has 0 aliphatic heterocycles. The molecule has 0 fully saturated rings. The number of aromatic amines is 2. The molecule has 0 bridgehead atoms. The second-order valence-electron chi connectivity index (χ2n) is 7.97. The normalized spacial score (nSPS) is 13.3. The molecule has 6 N–H and O–H groups in total. The number of aromatic nitrogens is 4. The van der Waals surface area contributed by atoms with E-state index in [1.807, 2.05) is 30.3 Å². The highest BCUT2D eigenvalue weighted by atomic mass is 16.4. The van der Waals surface area contributed by atoms with Gasteiger partial charge in [-0.1, -0.05) is 30.3 Å². The van der Waals surface area contributed by atoms with Gasteiger partial charge in [-0.3, -0.25) is 14.4 Å². The van der Waals surface area contributed by atoms with Crippen LogP contribution in [0.1, 0.15) is 23.9 Å². The number of hydrogen-bond acceptors (Lipinski definition) is 6. The molecule has 35 heavy (non-hydrogen) atoms. The van der Waals surface area contributed by atoms with Crippen LogP contribution in [-0.2, 0) is 38.4 Å². The maximum absolute atomic E-state index is 13.1. The highest BCUT2D eigenvalue weighted by Gasteiger charge is 2.30. The summed E-state index contributed by atoms with van der Waals surface area (Å²) in [7, 11) is 0. The zero-order chi connectivity index (χ0) is 25.2. The first kappa shape index (κ1) is 25.1. The van der Waals surface area contributed by atoms with Crippen molar-refractivity contribution in [2.24, 2.45) is 0 Å². The number of aliphatic carboxylic acids is 1. The first-order chi connectivity index (χ1) is 16.8. The summed E-state index contributed by atoms with van der Waals surface area (Å²) in [5, 5.41) is 17.3. The summed E-state index contributed by atoms with van der Waals surface area (Å²) >= 11 is 0. The number of hydrogen-bond donors (Lipinski definition) is 6. The van der Waals surface area contributed by atoms with Crippen LogP contribution in [0.15, 0.2) is 55.4 Å². The van der Waals surface area contributed by atoms with E-state index in [9.17, 15) is 24.3 Å². The van der Waals surface area contributed by atoms with Gasteiger partial charge in [0, 0.05) is 50.0 Å². The number of carboxylic acid groups (broad SMARTS) is 1. The van der Waals surface area contributed by atoms with E-state index in [0.717, 1.165) is 5.56 Å². The van der Waals surface area contributed by atoms with E-state index in [-0.39, 0.29) is 19.3 Å². The smallest absolute Gasteiger partial charge is 0.326 e. The Balaban J connectivity index is 1.76. The van der Waals surface area contributed by atoms with Gasteiger partial charge in [0.15, 0.2) is 0 Å². The van der Waals surface area contributed by atoms with E-state index >= 15 is 0 Å². The number of carboxylic acids is 1. The van der Waals surface area contributed by atoms with Gasteiger partial charge >= 0.3 is 5.97 Å². The summed E-state index contributed by atoms with van der Waals surface area (Å²) < 4.78 is 0. The lowest BCUT2D eigenvalue weighted by atomic mass is 10.0.